The number of carbonyl (C=O) groups excluding carboxylic acids is 2. The van der Waals surface area contributed by atoms with E-state index in [1.807, 2.05) is 9.80 Å². The van der Waals surface area contributed by atoms with E-state index in [2.05, 4.69) is 10.5 Å². The molecule has 2 fully saturated rings. The highest BCUT2D eigenvalue weighted by Crippen LogP contribution is 2.32. The van der Waals surface area contributed by atoms with E-state index in [0.717, 1.165) is 0 Å². The van der Waals surface area contributed by atoms with E-state index in [-0.39, 0.29) is 34.3 Å². The van der Waals surface area contributed by atoms with Gasteiger partial charge in [-0.2, -0.15) is 0 Å². The molecule has 4 rings (SSSR count). The largest absolute Gasteiger partial charge is 0.366 e. The van der Waals surface area contributed by atoms with Crippen LogP contribution in [0.1, 0.15) is 31.4 Å². The van der Waals surface area contributed by atoms with Crippen molar-refractivity contribution in [2.75, 3.05) is 36.4 Å². The van der Waals surface area contributed by atoms with Gasteiger partial charge >= 0.3 is 0 Å². The molecule has 2 aliphatic heterocycles. The first-order chi connectivity index (χ1) is 15.4. The summed E-state index contributed by atoms with van der Waals surface area (Å²) >= 11 is 0. The average molecular weight is 441 g/mol. The lowest BCUT2D eigenvalue weighted by molar-refractivity contribution is -0.384. The predicted octanol–water partition coefficient (Wildman–Crippen LogP) is 2.98. The van der Waals surface area contributed by atoms with Crippen molar-refractivity contribution in [3.05, 3.63) is 46.2 Å². The summed E-state index contributed by atoms with van der Waals surface area (Å²) in [6.45, 7) is 4.09. The Bertz CT molecular complexity index is 990. The van der Waals surface area contributed by atoms with E-state index in [0.29, 0.717) is 69.1 Å². The van der Waals surface area contributed by atoms with Crippen LogP contribution in [0.2, 0.25) is 0 Å². The first-order valence-corrected chi connectivity index (χ1v) is 10.9. The van der Waals surface area contributed by atoms with Crippen molar-refractivity contribution in [3.8, 4) is 0 Å². The molecule has 2 saturated heterocycles. The van der Waals surface area contributed by atoms with Gasteiger partial charge in [0.2, 0.25) is 11.8 Å². The minimum absolute atomic E-state index is 0.0856. The Morgan fingerprint density at radius 1 is 1.09 bits per heavy atom. The molecule has 32 heavy (non-hydrogen) atoms. The van der Waals surface area contributed by atoms with Crippen LogP contribution in [-0.2, 0) is 9.59 Å². The van der Waals surface area contributed by atoms with E-state index in [1.165, 1.54) is 6.07 Å². The summed E-state index contributed by atoms with van der Waals surface area (Å²) in [4.78, 5) is 40.3. The highest BCUT2D eigenvalue weighted by atomic mass is 16.6. The number of hydrogen-bond acceptors (Lipinski definition) is 7. The highest BCUT2D eigenvalue weighted by Gasteiger charge is 2.33. The summed E-state index contributed by atoms with van der Waals surface area (Å²) < 4.78 is 4.97. The number of amides is 2. The number of rotatable bonds is 5. The van der Waals surface area contributed by atoms with E-state index >= 15 is 0 Å². The van der Waals surface area contributed by atoms with Crippen LogP contribution in [-0.4, -0.2) is 53.0 Å². The quantitative estimate of drug-likeness (QED) is 0.559. The molecule has 1 N–H and O–H groups in total. The van der Waals surface area contributed by atoms with Gasteiger partial charge in [0, 0.05) is 50.1 Å². The van der Waals surface area contributed by atoms with Gasteiger partial charge in [0.15, 0.2) is 5.82 Å². The number of nitro groups is 1. The molecule has 2 amide bonds. The van der Waals surface area contributed by atoms with Gasteiger partial charge in [-0.25, -0.2) is 0 Å². The van der Waals surface area contributed by atoms with Crippen LogP contribution in [0.4, 0.5) is 17.2 Å². The van der Waals surface area contributed by atoms with Crippen molar-refractivity contribution in [3.63, 3.8) is 0 Å². The van der Waals surface area contributed by atoms with Gasteiger partial charge in [0.25, 0.3) is 5.69 Å². The number of nitrogens with one attached hydrogen (secondary N) is 1. The standard InChI is InChI=1S/C22H27N5O5/c1-15-14-20(24-32-15)23-21(28)16-6-12-26(13-7-16)22(29)17-8-10-25(11-9-17)18-4-2-3-5-19(18)27(30)31/h2-5,14,16-17H,6-13H2,1H3,(H,23,24,28). The SMILES string of the molecule is Cc1cc(NC(=O)C2CCN(C(=O)C3CCN(c4ccccc4[N+](=O)[O-])CC3)CC2)no1. The highest BCUT2D eigenvalue weighted by molar-refractivity contribution is 5.92. The van der Waals surface area contributed by atoms with Gasteiger partial charge in [-0.05, 0) is 38.7 Å². The molecule has 2 aliphatic rings. The number of anilines is 2. The Labute approximate surface area is 185 Å². The maximum Gasteiger partial charge on any atom is 0.292 e. The number of nitro benzene ring substituents is 1. The number of aromatic nitrogens is 1. The molecule has 0 aliphatic carbocycles. The number of nitrogens with zero attached hydrogens (tertiary/aromatic N) is 4. The first-order valence-electron chi connectivity index (χ1n) is 10.9. The summed E-state index contributed by atoms with van der Waals surface area (Å²) in [7, 11) is 0. The second kappa shape index (κ2) is 9.37. The van der Waals surface area contributed by atoms with E-state index < -0.39 is 0 Å². The van der Waals surface area contributed by atoms with Gasteiger partial charge in [0.05, 0.1) is 4.92 Å². The van der Waals surface area contributed by atoms with Crippen molar-refractivity contribution in [2.24, 2.45) is 11.8 Å². The number of benzene rings is 1. The number of likely N-dealkylation sites (tertiary alicyclic amines) is 1. The minimum Gasteiger partial charge on any atom is -0.366 e. The van der Waals surface area contributed by atoms with Crippen molar-refractivity contribution in [2.45, 2.75) is 32.6 Å². The zero-order valence-corrected chi connectivity index (χ0v) is 18.0. The maximum absolute atomic E-state index is 13.0. The normalized spacial score (nSPS) is 17.9. The lowest BCUT2D eigenvalue weighted by Crippen LogP contribution is -2.46. The number of carbonyl (C=O) groups is 2. The molecule has 0 unspecified atom stereocenters. The minimum atomic E-state index is -0.364. The Morgan fingerprint density at radius 2 is 1.75 bits per heavy atom. The van der Waals surface area contributed by atoms with Gasteiger partial charge in [0.1, 0.15) is 11.4 Å². The van der Waals surface area contributed by atoms with Crippen LogP contribution in [0.25, 0.3) is 0 Å². The summed E-state index contributed by atoms with van der Waals surface area (Å²) in [6.07, 6.45) is 2.56. The zero-order chi connectivity index (χ0) is 22.7. The van der Waals surface area contributed by atoms with Gasteiger partial charge in [-0.1, -0.05) is 17.3 Å². The number of aryl methyl sites for hydroxylation is 1. The van der Waals surface area contributed by atoms with Crippen molar-refractivity contribution in [1.82, 2.24) is 10.1 Å². The lowest BCUT2D eigenvalue weighted by atomic mass is 9.91. The number of piperidine rings is 2. The summed E-state index contributed by atoms with van der Waals surface area (Å²) in [5, 5.41) is 17.9. The zero-order valence-electron chi connectivity index (χ0n) is 18.0. The Morgan fingerprint density at radius 3 is 2.38 bits per heavy atom. The number of hydrogen-bond donors (Lipinski definition) is 1. The molecule has 170 valence electrons. The molecule has 0 bridgehead atoms. The van der Waals surface area contributed by atoms with Crippen LogP contribution in [0.15, 0.2) is 34.9 Å². The van der Waals surface area contributed by atoms with E-state index in [9.17, 15) is 19.7 Å². The summed E-state index contributed by atoms with van der Waals surface area (Å²) in [5.41, 5.74) is 0.705. The molecule has 10 heteroatoms. The molecule has 3 heterocycles. The second-order valence-corrected chi connectivity index (χ2v) is 8.42. The van der Waals surface area contributed by atoms with Crippen LogP contribution in [0.3, 0.4) is 0 Å². The molecule has 0 radical (unpaired) electrons. The van der Waals surface area contributed by atoms with Crippen LogP contribution in [0, 0.1) is 28.9 Å². The summed E-state index contributed by atoms with van der Waals surface area (Å²) in [5.74, 6) is 0.834. The lowest BCUT2D eigenvalue weighted by Gasteiger charge is -2.37. The average Bonchev–Trinajstić information content (AvgIpc) is 3.23. The van der Waals surface area contributed by atoms with Crippen molar-refractivity contribution in [1.29, 1.82) is 0 Å². The topological polar surface area (TPSA) is 122 Å². The molecule has 1 aromatic carbocycles. The van der Waals surface area contributed by atoms with Crippen LogP contribution < -0.4 is 10.2 Å². The van der Waals surface area contributed by atoms with Gasteiger partial charge < -0.3 is 19.6 Å². The molecular weight excluding hydrogens is 414 g/mol. The van der Waals surface area contributed by atoms with Gasteiger partial charge in [-0.3, -0.25) is 19.7 Å². The first kappa shape index (κ1) is 21.8. The number of para-hydroxylation sites is 2. The predicted molar refractivity (Wildman–Crippen MR) is 117 cm³/mol. The smallest absolute Gasteiger partial charge is 0.292 e. The van der Waals surface area contributed by atoms with Gasteiger partial charge in [-0.15, -0.1) is 0 Å². The molecule has 0 spiro atoms. The summed E-state index contributed by atoms with van der Waals surface area (Å²) in [6, 6.07) is 8.40. The molecular formula is C22H27N5O5. The second-order valence-electron chi connectivity index (χ2n) is 8.42. The molecule has 0 saturated carbocycles. The van der Waals surface area contributed by atoms with E-state index in [4.69, 9.17) is 4.52 Å². The van der Waals surface area contributed by atoms with Crippen molar-refractivity contribution >= 4 is 29.0 Å². The molecule has 2 aromatic rings. The third-order valence-corrected chi connectivity index (χ3v) is 6.32. The Balaban J connectivity index is 1.26. The molecule has 1 aromatic heterocycles. The maximum atomic E-state index is 13.0. The van der Waals surface area contributed by atoms with Crippen LogP contribution >= 0.6 is 0 Å². The fourth-order valence-corrected chi connectivity index (χ4v) is 4.53. The molecule has 10 nitrogen and oxygen atoms in total. The third-order valence-electron chi connectivity index (χ3n) is 6.32. The van der Waals surface area contributed by atoms with Crippen LogP contribution in [0.5, 0.6) is 0 Å². The fraction of sp³-hybridized carbons (Fsp3) is 0.500. The fourth-order valence-electron chi connectivity index (χ4n) is 4.53. The Kier molecular flexibility index (Phi) is 6.38. The van der Waals surface area contributed by atoms with Crippen molar-refractivity contribution < 1.29 is 19.0 Å². The van der Waals surface area contributed by atoms with E-state index in [1.54, 1.807) is 31.2 Å². The molecule has 0 atom stereocenters. The Hall–Kier alpha value is -3.43. The monoisotopic (exact) mass is 441 g/mol. The third kappa shape index (κ3) is 4.74.